The summed E-state index contributed by atoms with van der Waals surface area (Å²) >= 11 is 0. The van der Waals surface area contributed by atoms with Gasteiger partial charge in [-0.2, -0.15) is 0 Å². The average Bonchev–Trinajstić information content (AvgIpc) is 3.26. The first-order valence-electron chi connectivity index (χ1n) is 11.5. The van der Waals surface area contributed by atoms with E-state index in [1.54, 1.807) is 0 Å². The molecule has 0 aromatic carbocycles. The van der Waals surface area contributed by atoms with Crippen LogP contribution >= 0.6 is 0 Å². The molecule has 2 saturated heterocycles. The van der Waals surface area contributed by atoms with E-state index >= 15 is 0 Å². The number of hydrogen-bond donors (Lipinski definition) is 2. The van der Waals surface area contributed by atoms with Gasteiger partial charge in [0, 0.05) is 47.8 Å². The molecule has 0 aromatic heterocycles. The maximum absolute atomic E-state index is 13.0. The molecular weight excluding hydrogens is 380 g/mol. The third kappa shape index (κ3) is 3.90. The fraction of sp³-hybridized carbons (Fsp3) is 0.917. The van der Waals surface area contributed by atoms with Crippen LogP contribution in [-0.4, -0.2) is 46.3 Å². The number of carbonyl (C=O) groups excluding carboxylic acids is 2. The zero-order chi connectivity index (χ0) is 22.4. The van der Waals surface area contributed by atoms with Crippen molar-refractivity contribution < 1.29 is 19.1 Å². The summed E-state index contributed by atoms with van der Waals surface area (Å²) in [4.78, 5) is 26.0. The third-order valence-corrected chi connectivity index (χ3v) is 7.51. The Hall–Kier alpha value is -1.14. The summed E-state index contributed by atoms with van der Waals surface area (Å²) in [6.45, 7) is 17.2. The van der Waals surface area contributed by atoms with Gasteiger partial charge in [-0.15, -0.1) is 0 Å². The second kappa shape index (κ2) is 6.22. The Morgan fingerprint density at radius 2 is 0.867 bits per heavy atom. The monoisotopic (exact) mass is 420 g/mol. The van der Waals surface area contributed by atoms with Crippen LogP contribution in [-0.2, 0) is 19.1 Å². The SMILES string of the molecule is CC1(C)CC(OC(=O)C23CC2(C(=O)OC2CC(C)(C)NC(C)(C)C2)C3)CC(C)(C)N1. The van der Waals surface area contributed by atoms with Gasteiger partial charge in [-0.1, -0.05) is 0 Å². The summed E-state index contributed by atoms with van der Waals surface area (Å²) in [5, 5.41) is 7.23. The van der Waals surface area contributed by atoms with E-state index in [1.807, 2.05) is 0 Å². The third-order valence-electron chi connectivity index (χ3n) is 7.51. The normalized spacial score (nSPS) is 38.3. The lowest BCUT2D eigenvalue weighted by atomic mass is 9.81. The van der Waals surface area contributed by atoms with Crippen LogP contribution in [0, 0.1) is 10.8 Å². The summed E-state index contributed by atoms with van der Waals surface area (Å²) in [5.74, 6) is -0.382. The quantitative estimate of drug-likeness (QED) is 0.678. The molecule has 6 heteroatoms. The van der Waals surface area contributed by atoms with Crippen molar-refractivity contribution >= 4 is 11.9 Å². The van der Waals surface area contributed by atoms with Crippen LogP contribution in [0.4, 0.5) is 0 Å². The Bertz CT molecular complexity index is 667. The number of esters is 2. The van der Waals surface area contributed by atoms with Gasteiger partial charge in [-0.25, -0.2) is 0 Å². The molecule has 0 spiro atoms. The van der Waals surface area contributed by atoms with Crippen molar-refractivity contribution in [2.45, 2.75) is 128 Å². The molecular formula is C24H40N2O4. The lowest BCUT2D eigenvalue weighted by Gasteiger charge is -2.46. The van der Waals surface area contributed by atoms with Crippen LogP contribution in [0.3, 0.4) is 0 Å². The van der Waals surface area contributed by atoms with Crippen LogP contribution in [0.25, 0.3) is 0 Å². The Morgan fingerprint density at radius 3 is 1.13 bits per heavy atom. The minimum absolute atomic E-state index is 0.0812. The summed E-state index contributed by atoms with van der Waals surface area (Å²) in [5.41, 5.74) is -1.54. The molecule has 4 aliphatic rings. The van der Waals surface area contributed by atoms with E-state index in [-0.39, 0.29) is 46.3 Å². The number of fused-ring (bicyclic) bond motifs is 1. The molecule has 0 atom stereocenters. The highest BCUT2D eigenvalue weighted by Crippen LogP contribution is 2.87. The van der Waals surface area contributed by atoms with Gasteiger partial charge in [-0.05, 0) is 68.2 Å². The highest BCUT2D eigenvalue weighted by atomic mass is 16.6. The fourth-order valence-corrected chi connectivity index (χ4v) is 6.72. The van der Waals surface area contributed by atoms with Gasteiger partial charge < -0.3 is 20.1 Å². The zero-order valence-corrected chi connectivity index (χ0v) is 20.0. The molecule has 4 rings (SSSR count). The number of rotatable bonds is 4. The van der Waals surface area contributed by atoms with Gasteiger partial charge in [0.15, 0.2) is 0 Å². The smallest absolute Gasteiger partial charge is 0.313 e. The fourth-order valence-electron chi connectivity index (χ4n) is 6.72. The van der Waals surface area contributed by atoms with Crippen molar-refractivity contribution in [3.63, 3.8) is 0 Å². The second-order valence-corrected chi connectivity index (χ2v) is 13.2. The minimum Gasteiger partial charge on any atom is -0.462 e. The maximum atomic E-state index is 13.0. The Kier molecular flexibility index (Phi) is 4.57. The van der Waals surface area contributed by atoms with E-state index in [2.05, 4.69) is 66.0 Å². The average molecular weight is 421 g/mol. The predicted octanol–water partition coefficient (Wildman–Crippen LogP) is 3.47. The van der Waals surface area contributed by atoms with Crippen molar-refractivity contribution in [1.29, 1.82) is 0 Å². The Balaban J connectivity index is 1.35. The number of ether oxygens (including phenoxy) is 2. The zero-order valence-electron chi connectivity index (χ0n) is 20.0. The molecule has 2 heterocycles. The number of piperidine rings is 2. The topological polar surface area (TPSA) is 76.7 Å². The largest absolute Gasteiger partial charge is 0.462 e. The lowest BCUT2D eigenvalue weighted by molar-refractivity contribution is -0.161. The van der Waals surface area contributed by atoms with Gasteiger partial charge in [0.2, 0.25) is 0 Å². The number of carbonyl (C=O) groups is 2. The first kappa shape index (κ1) is 22.1. The second-order valence-electron chi connectivity index (χ2n) is 13.2. The molecule has 0 amide bonds. The molecule has 6 nitrogen and oxygen atoms in total. The molecule has 0 bridgehead atoms. The molecule has 170 valence electrons. The summed E-state index contributed by atoms with van der Waals surface area (Å²) < 4.78 is 11.9. The van der Waals surface area contributed by atoms with Crippen molar-refractivity contribution in [2.24, 2.45) is 10.8 Å². The van der Waals surface area contributed by atoms with Gasteiger partial charge in [-0.3, -0.25) is 9.59 Å². The van der Waals surface area contributed by atoms with Gasteiger partial charge in [0.05, 0.1) is 10.8 Å². The maximum Gasteiger partial charge on any atom is 0.313 e. The first-order chi connectivity index (χ1) is 13.5. The summed E-state index contributed by atoms with van der Waals surface area (Å²) in [6.07, 6.45) is 4.10. The van der Waals surface area contributed by atoms with Crippen molar-refractivity contribution in [3.05, 3.63) is 0 Å². The highest BCUT2D eigenvalue weighted by molar-refractivity contribution is 6.01. The molecule has 0 aromatic rings. The van der Waals surface area contributed by atoms with Crippen LogP contribution in [0.1, 0.15) is 93.9 Å². The summed E-state index contributed by atoms with van der Waals surface area (Å²) in [6, 6.07) is 0. The van der Waals surface area contributed by atoms with E-state index < -0.39 is 10.8 Å². The van der Waals surface area contributed by atoms with Crippen LogP contribution in [0.2, 0.25) is 0 Å². The van der Waals surface area contributed by atoms with E-state index in [0.717, 1.165) is 25.7 Å². The lowest BCUT2D eigenvalue weighted by Crippen LogP contribution is -2.60. The van der Waals surface area contributed by atoms with E-state index in [4.69, 9.17) is 9.47 Å². The molecule has 2 saturated carbocycles. The molecule has 2 aliphatic heterocycles. The molecule has 4 fully saturated rings. The van der Waals surface area contributed by atoms with Gasteiger partial charge >= 0.3 is 11.9 Å². The summed E-state index contributed by atoms with van der Waals surface area (Å²) in [7, 11) is 0. The van der Waals surface area contributed by atoms with Crippen LogP contribution in [0.15, 0.2) is 0 Å². The van der Waals surface area contributed by atoms with Crippen molar-refractivity contribution in [1.82, 2.24) is 10.6 Å². The first-order valence-corrected chi connectivity index (χ1v) is 11.5. The molecule has 30 heavy (non-hydrogen) atoms. The number of hydrogen-bond acceptors (Lipinski definition) is 6. The van der Waals surface area contributed by atoms with E-state index in [0.29, 0.717) is 12.8 Å². The molecule has 0 radical (unpaired) electrons. The highest BCUT2D eigenvalue weighted by Gasteiger charge is 2.93. The van der Waals surface area contributed by atoms with Crippen molar-refractivity contribution in [3.8, 4) is 0 Å². The van der Waals surface area contributed by atoms with Gasteiger partial charge in [0.1, 0.15) is 12.2 Å². The Morgan fingerprint density at radius 1 is 0.600 bits per heavy atom. The van der Waals surface area contributed by atoms with Crippen LogP contribution in [0.5, 0.6) is 0 Å². The van der Waals surface area contributed by atoms with Crippen molar-refractivity contribution in [2.75, 3.05) is 0 Å². The molecule has 2 N–H and O–H groups in total. The predicted molar refractivity (Wildman–Crippen MR) is 115 cm³/mol. The van der Waals surface area contributed by atoms with Crippen LogP contribution < -0.4 is 10.6 Å². The standard InChI is InChI=1S/C24H40N2O4/c1-19(2)9-15(10-20(3,4)25-19)29-17(27)23-13-24(23,14-23)18(28)30-16-11-21(5,6)26-22(7,8)12-16/h15-16,25-26H,9-14H2,1-8H3. The Labute approximate surface area is 181 Å². The van der Waals surface area contributed by atoms with Gasteiger partial charge in [0.25, 0.3) is 0 Å². The van der Waals surface area contributed by atoms with E-state index in [9.17, 15) is 9.59 Å². The molecule has 0 unspecified atom stereocenters. The molecule has 2 aliphatic carbocycles. The minimum atomic E-state index is -0.610. The van der Waals surface area contributed by atoms with E-state index in [1.165, 1.54) is 0 Å². The number of nitrogens with one attached hydrogen (secondary N) is 2.